The van der Waals surface area contributed by atoms with Crippen molar-refractivity contribution in [1.29, 1.82) is 0 Å². The monoisotopic (exact) mass is 855 g/mol. The molecule has 2 aromatic heterocycles. The molecule has 0 amide bonds. The van der Waals surface area contributed by atoms with Crippen LogP contribution in [0.25, 0.3) is 90.3 Å². The molecule has 0 bridgehead atoms. The molecule has 0 aliphatic heterocycles. The minimum Gasteiger partial charge on any atom is -0.228 e. The highest BCUT2D eigenvalue weighted by Crippen LogP contribution is 2.56. The van der Waals surface area contributed by atoms with Gasteiger partial charge >= 0.3 is 0 Å². The summed E-state index contributed by atoms with van der Waals surface area (Å²) in [6.45, 7) is 0. The molecule has 1 aliphatic carbocycles. The van der Waals surface area contributed by atoms with Gasteiger partial charge in [-0.25, -0.2) is 24.9 Å². The molecule has 314 valence electrons. The topological polar surface area (TPSA) is 64.5 Å². The highest BCUT2D eigenvalue weighted by Gasteiger charge is 2.46. The Kier molecular flexibility index (Phi) is 9.99. The summed E-state index contributed by atoms with van der Waals surface area (Å²) < 4.78 is 0. The van der Waals surface area contributed by atoms with Crippen LogP contribution in [0.5, 0.6) is 0 Å². The van der Waals surface area contributed by atoms with Gasteiger partial charge in [0.2, 0.25) is 0 Å². The molecular weight excluding hydrogens is 815 g/mol. The predicted octanol–water partition coefficient (Wildman–Crippen LogP) is 14.7. The lowest BCUT2D eigenvalue weighted by Gasteiger charge is -2.33. The molecule has 0 unspecified atom stereocenters. The lowest BCUT2D eigenvalue weighted by Crippen LogP contribution is -2.28. The molecule has 0 saturated carbocycles. The second kappa shape index (κ2) is 16.9. The molecule has 1 aliphatic rings. The van der Waals surface area contributed by atoms with Crippen LogP contribution in [0.4, 0.5) is 0 Å². The summed E-state index contributed by atoms with van der Waals surface area (Å²) in [5.41, 5.74) is 16.5. The van der Waals surface area contributed by atoms with E-state index in [9.17, 15) is 0 Å². The van der Waals surface area contributed by atoms with Crippen LogP contribution in [0.3, 0.4) is 0 Å². The van der Waals surface area contributed by atoms with Crippen molar-refractivity contribution in [2.24, 2.45) is 0 Å². The summed E-state index contributed by atoms with van der Waals surface area (Å²) in [7, 11) is 0. The third-order valence-electron chi connectivity index (χ3n) is 12.8. The highest BCUT2D eigenvalue weighted by molar-refractivity contribution is 5.89. The van der Waals surface area contributed by atoms with Crippen molar-refractivity contribution in [3.8, 4) is 90.3 Å². The minimum atomic E-state index is -0.478. The van der Waals surface area contributed by atoms with Gasteiger partial charge in [0.25, 0.3) is 0 Å². The Morgan fingerprint density at radius 1 is 0.224 bits per heavy atom. The van der Waals surface area contributed by atoms with E-state index in [1.54, 1.807) is 0 Å². The minimum absolute atomic E-state index is 0.478. The van der Waals surface area contributed by atoms with E-state index in [0.717, 1.165) is 55.9 Å². The summed E-state index contributed by atoms with van der Waals surface area (Å²) in [5.74, 6) is 2.54. The molecule has 0 spiro atoms. The summed E-state index contributed by atoms with van der Waals surface area (Å²) in [6, 6.07) is 87.1. The van der Waals surface area contributed by atoms with Crippen LogP contribution in [0.2, 0.25) is 0 Å². The number of fused-ring (bicyclic) bond motifs is 3. The predicted molar refractivity (Wildman–Crippen MR) is 271 cm³/mol. The van der Waals surface area contributed by atoms with Crippen LogP contribution >= 0.6 is 0 Å². The van der Waals surface area contributed by atoms with Gasteiger partial charge in [0.15, 0.2) is 23.3 Å². The summed E-state index contributed by atoms with van der Waals surface area (Å²) >= 11 is 0. The average molecular weight is 856 g/mol. The molecule has 11 aromatic rings. The maximum Gasteiger partial charge on any atom is 0.164 e. The molecule has 67 heavy (non-hydrogen) atoms. The molecular formula is C62H41N5. The van der Waals surface area contributed by atoms with Gasteiger partial charge in [-0.05, 0) is 68.8 Å². The molecule has 0 N–H and O–H groups in total. The van der Waals surface area contributed by atoms with E-state index < -0.39 is 5.41 Å². The number of nitrogens with zero attached hydrogens (tertiary/aromatic N) is 5. The Hall–Kier alpha value is -8.93. The van der Waals surface area contributed by atoms with Crippen molar-refractivity contribution in [2.75, 3.05) is 0 Å². The van der Waals surface area contributed by atoms with Crippen molar-refractivity contribution in [3.63, 3.8) is 0 Å². The third-order valence-corrected chi connectivity index (χ3v) is 12.8. The Morgan fingerprint density at radius 2 is 0.597 bits per heavy atom. The number of hydrogen-bond donors (Lipinski definition) is 0. The molecule has 5 nitrogen and oxygen atoms in total. The number of rotatable bonds is 9. The number of benzene rings is 9. The summed E-state index contributed by atoms with van der Waals surface area (Å²) in [5, 5.41) is 0. The van der Waals surface area contributed by atoms with Gasteiger partial charge < -0.3 is 0 Å². The van der Waals surface area contributed by atoms with Gasteiger partial charge in [-0.15, -0.1) is 0 Å². The molecule has 5 heteroatoms. The summed E-state index contributed by atoms with van der Waals surface area (Å²) in [4.78, 5) is 25.5. The van der Waals surface area contributed by atoms with Crippen LogP contribution in [0.1, 0.15) is 22.3 Å². The Bertz CT molecular complexity index is 3460. The van der Waals surface area contributed by atoms with E-state index in [1.807, 2.05) is 78.9 Å². The van der Waals surface area contributed by atoms with E-state index in [0.29, 0.717) is 23.3 Å². The standard InChI is InChI=1S/C62H41N5/c1-6-20-42(21-7-1)58-63-56(41-57(64-58)48-36-37-55-53(40-48)52-34-16-17-35-54(52)62(55,50-30-12-4-13-31-50)51-32-14-5-15-33-51)47-28-18-26-45(38-47)46-27-19-29-49(39-46)61-66-59(43-22-8-2-9-23-43)65-60(67-61)44-24-10-3-11-25-44/h1-41H. The van der Waals surface area contributed by atoms with Gasteiger partial charge in [0.1, 0.15) is 0 Å². The zero-order valence-corrected chi connectivity index (χ0v) is 36.4. The van der Waals surface area contributed by atoms with Crippen molar-refractivity contribution in [2.45, 2.75) is 5.41 Å². The number of aromatic nitrogens is 5. The molecule has 0 fully saturated rings. The number of hydrogen-bond acceptors (Lipinski definition) is 5. The summed E-state index contributed by atoms with van der Waals surface area (Å²) in [6.07, 6.45) is 0. The fourth-order valence-corrected chi connectivity index (χ4v) is 9.70. The van der Waals surface area contributed by atoms with Crippen molar-refractivity contribution >= 4 is 0 Å². The van der Waals surface area contributed by atoms with E-state index >= 15 is 0 Å². The lowest BCUT2D eigenvalue weighted by molar-refractivity contribution is 0.768. The first-order chi connectivity index (χ1) is 33.2. The first-order valence-electron chi connectivity index (χ1n) is 22.6. The largest absolute Gasteiger partial charge is 0.228 e. The third kappa shape index (κ3) is 7.20. The fraction of sp³-hybridized carbons (Fsp3) is 0.0161. The Morgan fingerprint density at radius 3 is 1.13 bits per heavy atom. The average Bonchev–Trinajstić information content (AvgIpc) is 3.72. The van der Waals surface area contributed by atoms with Crippen molar-refractivity contribution in [1.82, 2.24) is 24.9 Å². The van der Waals surface area contributed by atoms with Crippen LogP contribution in [0.15, 0.2) is 249 Å². The molecule has 0 radical (unpaired) electrons. The van der Waals surface area contributed by atoms with Crippen molar-refractivity contribution < 1.29 is 0 Å². The Balaban J connectivity index is 0.967. The SMILES string of the molecule is c1ccc(-c2nc(-c3cccc(-c4cccc(-c5nc(-c6ccccc6)nc(-c6ccccc6)n5)c4)c3)cc(-c3ccc4c(c3)-c3ccccc3C4(c3ccccc3)c3ccccc3)n2)cc1. The van der Waals surface area contributed by atoms with Gasteiger partial charge in [0.05, 0.1) is 16.8 Å². The molecule has 2 heterocycles. The molecule has 9 aromatic carbocycles. The first kappa shape index (κ1) is 39.6. The highest BCUT2D eigenvalue weighted by atomic mass is 15.0. The smallest absolute Gasteiger partial charge is 0.164 e. The van der Waals surface area contributed by atoms with Crippen LogP contribution in [-0.4, -0.2) is 24.9 Å². The van der Waals surface area contributed by atoms with E-state index in [-0.39, 0.29) is 0 Å². The van der Waals surface area contributed by atoms with Crippen LogP contribution < -0.4 is 0 Å². The van der Waals surface area contributed by atoms with Gasteiger partial charge in [-0.1, -0.05) is 224 Å². The van der Waals surface area contributed by atoms with E-state index in [1.165, 1.54) is 33.4 Å². The quantitative estimate of drug-likeness (QED) is 0.145. The van der Waals surface area contributed by atoms with E-state index in [4.69, 9.17) is 24.9 Å². The zero-order chi connectivity index (χ0) is 44.6. The Labute approximate surface area is 389 Å². The second-order valence-corrected chi connectivity index (χ2v) is 16.8. The zero-order valence-electron chi connectivity index (χ0n) is 36.4. The van der Waals surface area contributed by atoms with Gasteiger partial charge in [-0.2, -0.15) is 0 Å². The maximum absolute atomic E-state index is 5.29. The lowest BCUT2D eigenvalue weighted by atomic mass is 9.67. The first-order valence-corrected chi connectivity index (χ1v) is 22.6. The molecule has 12 rings (SSSR count). The molecule has 0 saturated heterocycles. The fourth-order valence-electron chi connectivity index (χ4n) is 9.70. The van der Waals surface area contributed by atoms with E-state index in [2.05, 4.69) is 170 Å². The van der Waals surface area contributed by atoms with Gasteiger partial charge in [0, 0.05) is 33.4 Å². The van der Waals surface area contributed by atoms with Crippen LogP contribution in [-0.2, 0) is 5.41 Å². The van der Waals surface area contributed by atoms with Gasteiger partial charge in [-0.3, -0.25) is 0 Å². The second-order valence-electron chi connectivity index (χ2n) is 16.8. The normalized spacial score (nSPS) is 12.3. The molecule has 0 atom stereocenters. The maximum atomic E-state index is 5.29. The van der Waals surface area contributed by atoms with Crippen LogP contribution in [0, 0.1) is 0 Å². The van der Waals surface area contributed by atoms with Crippen molar-refractivity contribution in [3.05, 3.63) is 271 Å².